The standard InChI is InChI=1S/H2O.5O.2W/h1H2;;;;;;;/q;;;;;;;+1/p-1. The molecule has 8 heteroatoms. The predicted octanol–water partition coefficient (Wildman–Crippen LogP) is -1.11. The van der Waals surface area contributed by atoms with Crippen molar-refractivity contribution in [3.8, 4) is 0 Å². The summed E-state index contributed by atoms with van der Waals surface area (Å²) in [5.74, 6) is 0. The summed E-state index contributed by atoms with van der Waals surface area (Å²) in [6, 6.07) is 0. The molecule has 0 unspecified atom stereocenters. The van der Waals surface area contributed by atoms with Gasteiger partial charge in [-0.05, 0) is 0 Å². The second-order valence-corrected chi connectivity index (χ2v) is 9.73. The Kier molecular flexibility index (Phi) is 3.05. The SMILES string of the molecule is [O]=[W](=[O])[O][W](=[O])(=[O])[OH]. The van der Waals surface area contributed by atoms with Gasteiger partial charge in [0.25, 0.3) is 0 Å². The Balaban J connectivity index is 4.16. The van der Waals surface area contributed by atoms with Crippen molar-refractivity contribution >= 4 is 0 Å². The molecule has 0 bridgehead atoms. The first kappa shape index (κ1) is 8.50. The Labute approximate surface area is 53.8 Å². The van der Waals surface area contributed by atoms with Gasteiger partial charge in [0.2, 0.25) is 0 Å². The van der Waals surface area contributed by atoms with Gasteiger partial charge in [0, 0.05) is 0 Å². The Morgan fingerprint density at radius 1 is 1.38 bits per heavy atom. The third kappa shape index (κ3) is 6.50. The van der Waals surface area contributed by atoms with Gasteiger partial charge in [-0.1, -0.05) is 0 Å². The monoisotopic (exact) mass is 465 g/mol. The second kappa shape index (κ2) is 2.87. The van der Waals surface area contributed by atoms with Crippen molar-refractivity contribution < 1.29 is 53.8 Å². The molecule has 0 aliphatic rings. The molecule has 0 aliphatic heterocycles. The van der Waals surface area contributed by atoms with Crippen LogP contribution >= 0.6 is 0 Å². The van der Waals surface area contributed by atoms with Gasteiger partial charge in [-0.15, -0.1) is 0 Å². The first-order valence-electron chi connectivity index (χ1n) is 1.18. The third-order valence-electron chi connectivity index (χ3n) is 0.142. The summed E-state index contributed by atoms with van der Waals surface area (Å²) in [5.41, 5.74) is 0. The minimum absolute atomic E-state index is 3.17. The molecule has 0 amide bonds. The normalized spacial score (nSPS) is 11.1. The molecule has 8 heavy (non-hydrogen) atoms. The molecular weight excluding hydrogens is 464 g/mol. The molecule has 0 fully saturated rings. The topological polar surface area (TPSA) is 97.7 Å². The molecule has 0 radical (unpaired) electrons. The number of hydrogen-bond acceptors (Lipinski definition) is 5. The van der Waals surface area contributed by atoms with Crippen LogP contribution in [-0.4, -0.2) is 3.76 Å². The van der Waals surface area contributed by atoms with Crippen LogP contribution in [0.15, 0.2) is 0 Å². The summed E-state index contributed by atoms with van der Waals surface area (Å²) < 4.78 is 48.9. The van der Waals surface area contributed by atoms with Gasteiger partial charge in [0.15, 0.2) is 0 Å². The van der Waals surface area contributed by atoms with Gasteiger partial charge >= 0.3 is 53.8 Å². The van der Waals surface area contributed by atoms with Crippen LogP contribution in [0, 0.1) is 0 Å². The van der Waals surface area contributed by atoms with Gasteiger partial charge in [-0.25, -0.2) is 0 Å². The number of hydrogen-bond donors (Lipinski definition) is 1. The molecule has 0 heterocycles. The van der Waals surface area contributed by atoms with E-state index in [-0.39, 0.29) is 0 Å². The summed E-state index contributed by atoms with van der Waals surface area (Å²) in [6.07, 6.45) is 0. The summed E-state index contributed by atoms with van der Waals surface area (Å²) in [4.78, 5) is 0. The molecule has 0 saturated heterocycles. The third-order valence-corrected chi connectivity index (χ3v) is 9.48. The zero-order valence-corrected chi connectivity index (χ0v) is 9.17. The second-order valence-electron chi connectivity index (χ2n) is 0.700. The molecule has 0 aromatic heterocycles. The maximum atomic E-state index is 9.55. The molecule has 0 saturated carbocycles. The first-order valence-corrected chi connectivity index (χ1v) is 9.68. The zero-order chi connectivity index (χ0) is 6.78. The van der Waals surface area contributed by atoms with Gasteiger partial charge < -0.3 is 0 Å². The van der Waals surface area contributed by atoms with E-state index in [9.17, 15) is 13.6 Å². The van der Waals surface area contributed by atoms with Crippen molar-refractivity contribution in [1.29, 1.82) is 0 Å². The van der Waals surface area contributed by atoms with E-state index in [2.05, 4.69) is 2.04 Å². The average Bonchev–Trinajstić information content (AvgIpc) is 1.21. The van der Waals surface area contributed by atoms with Crippen LogP contribution in [0.5, 0.6) is 0 Å². The fourth-order valence-electron chi connectivity index (χ4n) is 0.0702. The Hall–Kier alpha value is 0.497. The van der Waals surface area contributed by atoms with Crippen LogP contribution in [0.4, 0.5) is 0 Å². The van der Waals surface area contributed by atoms with Gasteiger partial charge in [0.05, 0.1) is 0 Å². The van der Waals surface area contributed by atoms with E-state index in [4.69, 9.17) is 3.76 Å². The van der Waals surface area contributed by atoms with E-state index < -0.39 is 34.4 Å². The zero-order valence-electron chi connectivity index (χ0n) is 3.30. The average molecular weight is 465 g/mol. The van der Waals surface area contributed by atoms with Crippen molar-refractivity contribution in [1.82, 2.24) is 0 Å². The fourth-order valence-corrected chi connectivity index (χ4v) is 4.70. The fraction of sp³-hybridized carbons (Fsp3) is 0. The molecule has 1 N–H and O–H groups in total. The quantitative estimate of drug-likeness (QED) is 0.557. The number of rotatable bonds is 2. The van der Waals surface area contributed by atoms with Crippen LogP contribution in [0.1, 0.15) is 0 Å². The van der Waals surface area contributed by atoms with Gasteiger partial charge in [0.1, 0.15) is 0 Å². The van der Waals surface area contributed by atoms with E-state index in [1.807, 2.05) is 0 Å². The predicted molar refractivity (Wildman–Crippen MR) is 6.05 cm³/mol. The molecule has 0 rings (SSSR count). The van der Waals surface area contributed by atoms with Crippen molar-refractivity contribution in [2.24, 2.45) is 0 Å². The minimum atomic E-state index is -5.88. The van der Waals surface area contributed by atoms with Gasteiger partial charge in [-0.2, -0.15) is 0 Å². The molecule has 6 nitrogen and oxygen atoms in total. The summed E-state index contributed by atoms with van der Waals surface area (Å²) in [6.45, 7) is 0. The summed E-state index contributed by atoms with van der Waals surface area (Å²) >= 11 is -10.4. The Morgan fingerprint density at radius 2 is 1.75 bits per heavy atom. The van der Waals surface area contributed by atoms with Crippen LogP contribution < -0.4 is 0 Å². The molecule has 0 aromatic carbocycles. The summed E-state index contributed by atoms with van der Waals surface area (Å²) in [5, 5.41) is 0. The summed E-state index contributed by atoms with van der Waals surface area (Å²) in [7, 11) is 0. The van der Waals surface area contributed by atoms with Crippen molar-refractivity contribution in [2.45, 2.75) is 0 Å². The molecule has 0 atom stereocenters. The molecule has 0 aromatic rings. The van der Waals surface area contributed by atoms with Crippen molar-refractivity contribution in [3.63, 3.8) is 0 Å². The van der Waals surface area contributed by atoms with Crippen LogP contribution in [0.2, 0.25) is 0 Å². The van der Waals surface area contributed by atoms with E-state index >= 15 is 0 Å². The van der Waals surface area contributed by atoms with E-state index in [1.54, 1.807) is 0 Å². The van der Waals surface area contributed by atoms with Crippen LogP contribution in [0.25, 0.3) is 0 Å². The molecular formula is HO6W2. The Morgan fingerprint density at radius 3 is 1.75 bits per heavy atom. The van der Waals surface area contributed by atoms with Crippen molar-refractivity contribution in [3.05, 3.63) is 0 Å². The van der Waals surface area contributed by atoms with E-state index in [1.165, 1.54) is 0 Å². The maximum absolute atomic E-state index is 9.55. The van der Waals surface area contributed by atoms with Crippen LogP contribution in [0.3, 0.4) is 0 Å². The first-order chi connectivity index (χ1) is 3.42. The molecule has 49 valence electrons. The van der Waals surface area contributed by atoms with E-state index in [0.29, 0.717) is 0 Å². The van der Waals surface area contributed by atoms with E-state index in [0.717, 1.165) is 0 Å². The van der Waals surface area contributed by atoms with Crippen LogP contribution in [-0.2, 0) is 50.0 Å². The van der Waals surface area contributed by atoms with Crippen molar-refractivity contribution in [2.75, 3.05) is 0 Å². The molecule has 0 spiro atoms. The molecule has 0 aliphatic carbocycles. The Bertz CT molecular complexity index is 207. The van der Waals surface area contributed by atoms with Gasteiger partial charge in [-0.3, -0.25) is 0 Å².